The van der Waals surface area contributed by atoms with Crippen molar-refractivity contribution in [3.8, 4) is 11.5 Å². The first-order valence-corrected chi connectivity index (χ1v) is 11.9. The number of ether oxygens (including phenoxy) is 2. The highest BCUT2D eigenvalue weighted by Crippen LogP contribution is 2.39. The van der Waals surface area contributed by atoms with Crippen LogP contribution in [0, 0.1) is 13.8 Å². The van der Waals surface area contributed by atoms with E-state index in [0.717, 1.165) is 31.8 Å². The Hall–Kier alpha value is -3.84. The lowest BCUT2D eigenvalue weighted by Gasteiger charge is -2.27. The fourth-order valence-corrected chi connectivity index (χ4v) is 5.24. The van der Waals surface area contributed by atoms with Crippen molar-refractivity contribution in [3.63, 3.8) is 0 Å². The first-order valence-electron chi connectivity index (χ1n) is 11.1. The number of rotatable bonds is 5. The largest absolute Gasteiger partial charge is 0.490 e. The fourth-order valence-electron chi connectivity index (χ4n) is 4.15. The Labute approximate surface area is 201 Å². The molecule has 0 bridgehead atoms. The predicted octanol–water partition coefficient (Wildman–Crippen LogP) is 5.99. The zero-order chi connectivity index (χ0) is 23.8. The molecule has 5 rings (SSSR count). The Morgan fingerprint density at radius 2 is 1.79 bits per heavy atom. The Morgan fingerprint density at radius 1 is 1.00 bits per heavy atom. The molecule has 3 aromatic carbocycles. The number of aryl methyl sites for hydroxylation is 1. The van der Waals surface area contributed by atoms with Crippen LogP contribution in [0.3, 0.4) is 0 Å². The van der Waals surface area contributed by atoms with Gasteiger partial charge < -0.3 is 20.1 Å². The van der Waals surface area contributed by atoms with Crippen LogP contribution < -0.4 is 20.1 Å². The van der Waals surface area contributed by atoms with Gasteiger partial charge in [0.15, 0.2) is 11.5 Å². The Bertz CT molecular complexity index is 1420. The summed E-state index contributed by atoms with van der Waals surface area (Å²) >= 11 is 1.57. The minimum absolute atomic E-state index is 0.106. The average molecular weight is 473 g/mol. The molecule has 6 nitrogen and oxygen atoms in total. The number of hydrogen-bond donors (Lipinski definition) is 2. The molecule has 0 radical (unpaired) electrons. The van der Waals surface area contributed by atoms with E-state index in [1.807, 2.05) is 63.2 Å². The summed E-state index contributed by atoms with van der Waals surface area (Å²) in [5.74, 6) is 0.205. The minimum Gasteiger partial charge on any atom is -0.490 e. The number of nitrogens with one attached hydrogen (secondary N) is 2. The summed E-state index contributed by atoms with van der Waals surface area (Å²) < 4.78 is 11.6. The topological polar surface area (TPSA) is 76.7 Å². The molecular formula is C27H24N2O4S. The van der Waals surface area contributed by atoms with E-state index in [1.54, 1.807) is 29.5 Å². The molecule has 2 N–H and O–H groups in total. The molecule has 4 aromatic rings. The second-order valence-corrected chi connectivity index (χ2v) is 9.32. The van der Waals surface area contributed by atoms with E-state index in [-0.39, 0.29) is 5.91 Å². The lowest BCUT2D eigenvalue weighted by Crippen LogP contribution is -2.38. The minimum atomic E-state index is -0.455. The van der Waals surface area contributed by atoms with Gasteiger partial charge in [-0.2, -0.15) is 0 Å². The van der Waals surface area contributed by atoms with E-state index in [9.17, 15) is 9.59 Å². The van der Waals surface area contributed by atoms with Crippen LogP contribution in [0.1, 0.15) is 49.8 Å². The summed E-state index contributed by atoms with van der Waals surface area (Å²) in [5, 5.41) is 9.07. The van der Waals surface area contributed by atoms with Gasteiger partial charge in [0.1, 0.15) is 11.2 Å². The average Bonchev–Trinajstić information content (AvgIpc) is 3.13. The second kappa shape index (κ2) is 8.83. The van der Waals surface area contributed by atoms with Gasteiger partial charge in [-0.3, -0.25) is 4.79 Å². The Kier molecular flexibility index (Phi) is 5.71. The van der Waals surface area contributed by atoms with Crippen molar-refractivity contribution in [2.75, 3.05) is 11.9 Å². The van der Waals surface area contributed by atoms with Gasteiger partial charge in [0, 0.05) is 4.88 Å². The van der Waals surface area contributed by atoms with E-state index in [2.05, 4.69) is 10.6 Å². The third kappa shape index (κ3) is 3.88. The highest BCUT2D eigenvalue weighted by molar-refractivity contribution is 7.16. The van der Waals surface area contributed by atoms with Gasteiger partial charge in [-0.25, -0.2) is 4.79 Å². The van der Waals surface area contributed by atoms with E-state index in [4.69, 9.17) is 9.47 Å². The van der Waals surface area contributed by atoms with Crippen LogP contribution in [0.2, 0.25) is 0 Å². The predicted molar refractivity (Wildman–Crippen MR) is 134 cm³/mol. The van der Waals surface area contributed by atoms with Gasteiger partial charge in [0.05, 0.1) is 17.7 Å². The number of anilines is 1. The third-order valence-corrected chi connectivity index (χ3v) is 7.11. The standard InChI is InChI=1S/C27H24N2O4S/c1-4-32-22-14-18(24-28-25(30)23-15(2)16(3)34-26(23)29-24)12-13-21(22)33-27(31)20-11-7-9-17-8-5-6-10-19(17)20/h5-14,24,29H,4H2,1-3H3,(H,28,30)/t24-/m0/s1. The van der Waals surface area contributed by atoms with Crippen LogP contribution in [0.15, 0.2) is 60.7 Å². The molecule has 0 saturated carbocycles. The molecule has 34 heavy (non-hydrogen) atoms. The zero-order valence-corrected chi connectivity index (χ0v) is 19.9. The highest BCUT2D eigenvalue weighted by atomic mass is 32.1. The monoisotopic (exact) mass is 472 g/mol. The first-order chi connectivity index (χ1) is 16.5. The summed E-state index contributed by atoms with van der Waals surface area (Å²) in [6.07, 6.45) is -0.417. The van der Waals surface area contributed by atoms with Crippen molar-refractivity contribution in [3.05, 3.63) is 87.8 Å². The summed E-state index contributed by atoms with van der Waals surface area (Å²) in [4.78, 5) is 26.9. The Balaban J connectivity index is 1.44. The molecule has 2 heterocycles. The van der Waals surface area contributed by atoms with Crippen molar-refractivity contribution in [1.29, 1.82) is 0 Å². The van der Waals surface area contributed by atoms with Crippen LogP contribution in [-0.4, -0.2) is 18.5 Å². The van der Waals surface area contributed by atoms with Crippen molar-refractivity contribution in [1.82, 2.24) is 5.32 Å². The van der Waals surface area contributed by atoms with Crippen LogP contribution in [0.25, 0.3) is 10.8 Å². The Morgan fingerprint density at radius 3 is 2.62 bits per heavy atom. The van der Waals surface area contributed by atoms with Gasteiger partial charge in [0.25, 0.3) is 5.91 Å². The maximum absolute atomic E-state index is 13.0. The summed E-state index contributed by atoms with van der Waals surface area (Å²) in [6.45, 7) is 6.24. The lowest BCUT2D eigenvalue weighted by atomic mass is 10.0. The molecule has 1 amide bonds. The normalized spacial score (nSPS) is 14.8. The summed E-state index contributed by atoms with van der Waals surface area (Å²) in [7, 11) is 0. The second-order valence-electron chi connectivity index (χ2n) is 8.09. The van der Waals surface area contributed by atoms with Crippen molar-refractivity contribution in [2.24, 2.45) is 0 Å². The van der Waals surface area contributed by atoms with Crippen LogP contribution in [-0.2, 0) is 0 Å². The number of esters is 1. The molecular weight excluding hydrogens is 448 g/mol. The maximum atomic E-state index is 13.0. The molecule has 7 heteroatoms. The van der Waals surface area contributed by atoms with Gasteiger partial charge >= 0.3 is 5.97 Å². The number of amides is 1. The van der Waals surface area contributed by atoms with Crippen LogP contribution in [0.5, 0.6) is 11.5 Å². The van der Waals surface area contributed by atoms with E-state index in [0.29, 0.717) is 29.2 Å². The quantitative estimate of drug-likeness (QED) is 0.276. The third-order valence-electron chi connectivity index (χ3n) is 5.98. The van der Waals surface area contributed by atoms with Crippen molar-refractivity contribution in [2.45, 2.75) is 26.9 Å². The molecule has 0 fully saturated rings. The maximum Gasteiger partial charge on any atom is 0.344 e. The van der Waals surface area contributed by atoms with Crippen LogP contribution >= 0.6 is 11.3 Å². The van der Waals surface area contributed by atoms with E-state index in [1.165, 1.54) is 0 Å². The van der Waals surface area contributed by atoms with Crippen LogP contribution in [0.4, 0.5) is 5.00 Å². The van der Waals surface area contributed by atoms with Gasteiger partial charge in [0.2, 0.25) is 0 Å². The van der Waals surface area contributed by atoms with Gasteiger partial charge in [-0.15, -0.1) is 11.3 Å². The molecule has 0 spiro atoms. The first kappa shape index (κ1) is 22.0. The molecule has 0 saturated heterocycles. The molecule has 172 valence electrons. The van der Waals surface area contributed by atoms with Crippen molar-refractivity contribution < 1.29 is 19.1 Å². The lowest BCUT2D eigenvalue weighted by molar-refractivity contribution is 0.0730. The number of hydrogen-bond acceptors (Lipinski definition) is 6. The smallest absolute Gasteiger partial charge is 0.344 e. The van der Waals surface area contributed by atoms with Gasteiger partial charge in [-0.1, -0.05) is 42.5 Å². The van der Waals surface area contributed by atoms with E-state index >= 15 is 0 Å². The number of fused-ring (bicyclic) bond motifs is 2. The SMILES string of the molecule is CCOc1cc([C@H]2NC(=O)c3c(sc(C)c3C)N2)ccc1OC(=O)c1cccc2ccccc12. The zero-order valence-electron chi connectivity index (χ0n) is 19.1. The molecule has 1 aromatic heterocycles. The summed E-state index contributed by atoms with van der Waals surface area (Å²) in [6, 6.07) is 18.6. The molecule has 0 aliphatic carbocycles. The molecule has 1 atom stereocenters. The number of benzene rings is 3. The van der Waals surface area contributed by atoms with E-state index < -0.39 is 12.1 Å². The number of thiophene rings is 1. The summed E-state index contributed by atoms with van der Waals surface area (Å²) in [5.41, 5.74) is 2.98. The van der Waals surface area contributed by atoms with Crippen molar-refractivity contribution >= 4 is 39.0 Å². The molecule has 1 aliphatic heterocycles. The number of carbonyl (C=O) groups excluding carboxylic acids is 2. The number of carbonyl (C=O) groups is 2. The fraction of sp³-hybridized carbons (Fsp3) is 0.185. The van der Waals surface area contributed by atoms with Gasteiger partial charge in [-0.05, 0) is 60.9 Å². The molecule has 0 unspecified atom stereocenters. The molecule has 1 aliphatic rings. The highest BCUT2D eigenvalue weighted by Gasteiger charge is 2.29.